The van der Waals surface area contributed by atoms with Gasteiger partial charge in [-0.3, -0.25) is 4.79 Å². The van der Waals surface area contributed by atoms with Crippen LogP contribution in [0.2, 0.25) is 10.0 Å². The van der Waals surface area contributed by atoms with Gasteiger partial charge in [-0.05, 0) is 24.3 Å². The zero-order valence-corrected chi connectivity index (χ0v) is 16.1. The number of aromatic nitrogens is 1. The topological polar surface area (TPSA) is 81.6 Å². The van der Waals surface area contributed by atoms with Crippen molar-refractivity contribution in [3.05, 3.63) is 69.8 Å². The molecular weight excluding hydrogens is 395 g/mol. The molecule has 2 aromatic carbocycles. The van der Waals surface area contributed by atoms with Crippen LogP contribution in [0.4, 0.5) is 5.69 Å². The number of carbonyl (C=O) groups is 1. The fourth-order valence-corrected chi connectivity index (χ4v) is 3.19. The summed E-state index contributed by atoms with van der Waals surface area (Å²) >= 11 is 12.1. The van der Waals surface area contributed by atoms with Gasteiger partial charge in [-0.15, -0.1) is 0 Å². The van der Waals surface area contributed by atoms with E-state index < -0.39 is 5.91 Å². The van der Waals surface area contributed by atoms with Crippen LogP contribution in [0.1, 0.15) is 12.0 Å². The first kappa shape index (κ1) is 19.5. The van der Waals surface area contributed by atoms with E-state index in [1.807, 2.05) is 41.1 Å². The quantitative estimate of drug-likeness (QED) is 0.452. The molecular formula is C21H14Cl2N4O. The minimum absolute atomic E-state index is 0.0702. The monoisotopic (exact) mass is 408 g/mol. The summed E-state index contributed by atoms with van der Waals surface area (Å²) in [5.74, 6) is -0.583. The van der Waals surface area contributed by atoms with E-state index in [-0.39, 0.29) is 10.6 Å². The number of aryl methyl sites for hydroxylation is 1. The van der Waals surface area contributed by atoms with Crippen molar-refractivity contribution in [3.63, 3.8) is 0 Å². The van der Waals surface area contributed by atoms with E-state index in [1.54, 1.807) is 18.2 Å². The SMILES string of the molecule is N#CCCn1cc(C=C(C#N)C(=O)Nc2cccc(Cl)c2Cl)c2ccccc21. The fourth-order valence-electron chi connectivity index (χ4n) is 2.84. The van der Waals surface area contributed by atoms with Gasteiger partial charge in [0.05, 0.1) is 28.2 Å². The number of nitrogens with zero attached hydrogens (tertiary/aromatic N) is 3. The summed E-state index contributed by atoms with van der Waals surface area (Å²) in [7, 11) is 0. The van der Waals surface area contributed by atoms with Gasteiger partial charge in [0, 0.05) is 29.2 Å². The van der Waals surface area contributed by atoms with Gasteiger partial charge >= 0.3 is 0 Å². The van der Waals surface area contributed by atoms with E-state index >= 15 is 0 Å². The predicted molar refractivity (Wildman–Crippen MR) is 111 cm³/mol. The second-order valence-electron chi connectivity index (χ2n) is 5.93. The molecule has 0 saturated heterocycles. The standard InChI is InChI=1S/C21H14Cl2N4O/c22-17-6-3-7-18(20(17)23)26-21(28)14(12-25)11-15-13-27(10-4-9-24)19-8-2-1-5-16(15)19/h1-3,5-8,11,13H,4,10H2,(H,26,28). The molecule has 0 aliphatic carbocycles. The lowest BCUT2D eigenvalue weighted by atomic mass is 10.1. The van der Waals surface area contributed by atoms with Crippen LogP contribution < -0.4 is 5.32 Å². The van der Waals surface area contributed by atoms with Crippen LogP contribution in [0.3, 0.4) is 0 Å². The second-order valence-corrected chi connectivity index (χ2v) is 6.71. The van der Waals surface area contributed by atoms with Crippen molar-refractivity contribution in [2.24, 2.45) is 0 Å². The molecule has 1 heterocycles. The summed E-state index contributed by atoms with van der Waals surface area (Å²) < 4.78 is 1.94. The summed E-state index contributed by atoms with van der Waals surface area (Å²) in [6.45, 7) is 0.525. The molecule has 0 aliphatic rings. The molecule has 5 nitrogen and oxygen atoms in total. The van der Waals surface area contributed by atoms with Crippen LogP contribution in [-0.2, 0) is 11.3 Å². The maximum Gasteiger partial charge on any atom is 0.266 e. The Morgan fingerprint density at radius 1 is 1.14 bits per heavy atom. The van der Waals surface area contributed by atoms with Crippen LogP contribution in [0.5, 0.6) is 0 Å². The molecule has 0 bridgehead atoms. The number of fused-ring (bicyclic) bond motifs is 1. The zero-order valence-electron chi connectivity index (χ0n) is 14.6. The zero-order chi connectivity index (χ0) is 20.1. The lowest BCUT2D eigenvalue weighted by molar-refractivity contribution is -0.112. The summed E-state index contributed by atoms with van der Waals surface area (Å²) in [4.78, 5) is 12.6. The number of carbonyl (C=O) groups excluding carboxylic acids is 1. The number of hydrogen-bond donors (Lipinski definition) is 1. The van der Waals surface area contributed by atoms with E-state index in [4.69, 9.17) is 28.5 Å². The Morgan fingerprint density at radius 3 is 2.68 bits per heavy atom. The van der Waals surface area contributed by atoms with E-state index in [9.17, 15) is 10.1 Å². The van der Waals surface area contributed by atoms with E-state index in [2.05, 4.69) is 11.4 Å². The molecule has 0 spiro atoms. The number of hydrogen-bond acceptors (Lipinski definition) is 3. The van der Waals surface area contributed by atoms with Gasteiger partial charge in [0.1, 0.15) is 11.6 Å². The second kappa shape index (κ2) is 8.63. The molecule has 0 aliphatic heterocycles. The molecule has 28 heavy (non-hydrogen) atoms. The third-order valence-corrected chi connectivity index (χ3v) is 4.97. The van der Waals surface area contributed by atoms with Gasteiger partial charge < -0.3 is 9.88 Å². The van der Waals surface area contributed by atoms with Gasteiger partial charge in [-0.25, -0.2) is 0 Å². The summed E-state index contributed by atoms with van der Waals surface area (Å²) in [6.07, 6.45) is 3.72. The Bertz CT molecular complexity index is 1170. The van der Waals surface area contributed by atoms with Crippen molar-refractivity contribution in [2.45, 2.75) is 13.0 Å². The molecule has 1 N–H and O–H groups in total. The maximum atomic E-state index is 12.6. The first-order chi connectivity index (χ1) is 13.5. The molecule has 3 rings (SSSR count). The number of rotatable bonds is 5. The van der Waals surface area contributed by atoms with Crippen LogP contribution in [0.25, 0.3) is 17.0 Å². The van der Waals surface area contributed by atoms with Crippen molar-refractivity contribution in [2.75, 3.05) is 5.32 Å². The van der Waals surface area contributed by atoms with Gasteiger partial charge in [-0.1, -0.05) is 47.5 Å². The molecule has 7 heteroatoms. The van der Waals surface area contributed by atoms with Crippen molar-refractivity contribution < 1.29 is 4.79 Å². The van der Waals surface area contributed by atoms with Crippen LogP contribution in [0.15, 0.2) is 54.2 Å². The predicted octanol–water partition coefficient (Wildman–Crippen LogP) is 5.41. The van der Waals surface area contributed by atoms with E-state index in [0.717, 1.165) is 16.5 Å². The van der Waals surface area contributed by atoms with Gasteiger partial charge in [0.25, 0.3) is 5.91 Å². The highest BCUT2D eigenvalue weighted by atomic mass is 35.5. The van der Waals surface area contributed by atoms with Gasteiger partial charge in [0.15, 0.2) is 0 Å². The molecule has 1 amide bonds. The van der Waals surface area contributed by atoms with Gasteiger partial charge in [-0.2, -0.15) is 10.5 Å². The van der Waals surface area contributed by atoms with E-state index in [1.165, 1.54) is 6.08 Å². The van der Waals surface area contributed by atoms with Crippen LogP contribution in [0, 0.1) is 22.7 Å². The number of nitrogens with one attached hydrogen (secondary N) is 1. The molecule has 0 saturated carbocycles. The summed E-state index contributed by atoms with van der Waals surface area (Å²) in [5.41, 5.74) is 1.91. The minimum atomic E-state index is -0.583. The number of nitriles is 2. The third-order valence-electron chi connectivity index (χ3n) is 4.15. The molecule has 138 valence electrons. The lowest BCUT2D eigenvalue weighted by Crippen LogP contribution is -2.13. The Hall–Kier alpha value is -3.25. The van der Waals surface area contributed by atoms with Crippen molar-refractivity contribution in [1.29, 1.82) is 10.5 Å². The summed E-state index contributed by atoms with van der Waals surface area (Å²) in [5, 5.41) is 22.4. The van der Waals surface area contributed by atoms with Gasteiger partial charge in [0.2, 0.25) is 0 Å². The maximum absolute atomic E-state index is 12.6. The number of para-hydroxylation sites is 1. The lowest BCUT2D eigenvalue weighted by Gasteiger charge is -2.07. The smallest absolute Gasteiger partial charge is 0.266 e. The molecule has 1 aromatic heterocycles. The van der Waals surface area contributed by atoms with Crippen LogP contribution in [-0.4, -0.2) is 10.5 Å². The average Bonchev–Trinajstić information content (AvgIpc) is 3.05. The van der Waals surface area contributed by atoms with Crippen molar-refractivity contribution in [1.82, 2.24) is 4.57 Å². The number of halogens is 2. The van der Waals surface area contributed by atoms with Crippen molar-refractivity contribution in [3.8, 4) is 12.1 Å². The molecule has 0 fully saturated rings. The van der Waals surface area contributed by atoms with Crippen LogP contribution >= 0.6 is 23.2 Å². The molecule has 0 radical (unpaired) electrons. The highest BCUT2D eigenvalue weighted by Crippen LogP contribution is 2.30. The first-order valence-electron chi connectivity index (χ1n) is 8.37. The highest BCUT2D eigenvalue weighted by molar-refractivity contribution is 6.44. The molecule has 0 unspecified atom stereocenters. The Labute approximate surface area is 172 Å². The molecule has 3 aromatic rings. The number of anilines is 1. The van der Waals surface area contributed by atoms with E-state index in [0.29, 0.717) is 23.7 Å². The normalized spacial score (nSPS) is 11.1. The highest BCUT2D eigenvalue weighted by Gasteiger charge is 2.14. The summed E-state index contributed by atoms with van der Waals surface area (Å²) in [6, 6.07) is 16.5. The average molecular weight is 409 g/mol. The minimum Gasteiger partial charge on any atom is -0.346 e. The third kappa shape index (κ3) is 4.02. The largest absolute Gasteiger partial charge is 0.346 e. The Morgan fingerprint density at radius 2 is 1.93 bits per heavy atom. The fraction of sp³-hybridized carbons (Fsp3) is 0.0952. The number of benzene rings is 2. The Balaban J connectivity index is 1.97. The Kier molecular flexibility index (Phi) is 6.01. The molecule has 0 atom stereocenters. The number of amides is 1. The van der Waals surface area contributed by atoms with Crippen molar-refractivity contribution >= 4 is 51.8 Å². The first-order valence-corrected chi connectivity index (χ1v) is 9.12.